The van der Waals surface area contributed by atoms with Crippen LogP contribution < -0.4 is 10.1 Å². The smallest absolute Gasteiger partial charge is 0.133 e. The van der Waals surface area contributed by atoms with E-state index in [1.54, 1.807) is 13.3 Å². The van der Waals surface area contributed by atoms with Crippen LogP contribution in [0.15, 0.2) is 54.9 Å². The summed E-state index contributed by atoms with van der Waals surface area (Å²) >= 11 is 0. The van der Waals surface area contributed by atoms with Gasteiger partial charge in [-0.1, -0.05) is 12.1 Å². The summed E-state index contributed by atoms with van der Waals surface area (Å²) < 4.78 is 17.2. The van der Waals surface area contributed by atoms with Gasteiger partial charge in [0.25, 0.3) is 0 Å². The van der Waals surface area contributed by atoms with Crippen LogP contribution in [0.2, 0.25) is 0 Å². The number of rotatable bonds is 9. The Morgan fingerprint density at radius 3 is 2.85 bits per heavy atom. The van der Waals surface area contributed by atoms with E-state index in [0.717, 1.165) is 53.7 Å². The van der Waals surface area contributed by atoms with Gasteiger partial charge in [-0.2, -0.15) is 0 Å². The summed E-state index contributed by atoms with van der Waals surface area (Å²) in [5.41, 5.74) is 5.25. The SMILES string of the molecule is CCOc1ccc(COC)cc1CN1CCO[C@@H](c2ccc(Nc3ncccc3C)cn2)C1. The van der Waals surface area contributed by atoms with Gasteiger partial charge in [-0.25, -0.2) is 4.98 Å². The Hall–Kier alpha value is -3.00. The molecule has 0 spiro atoms. The first-order valence-corrected chi connectivity index (χ1v) is 11.4. The lowest BCUT2D eigenvalue weighted by Gasteiger charge is -2.33. The fourth-order valence-electron chi connectivity index (χ4n) is 4.00. The number of ether oxygens (including phenoxy) is 3. The van der Waals surface area contributed by atoms with Crippen molar-refractivity contribution in [2.24, 2.45) is 0 Å². The fraction of sp³-hybridized carbons (Fsp3) is 0.385. The quantitative estimate of drug-likeness (QED) is 0.511. The largest absolute Gasteiger partial charge is 0.494 e. The topological polar surface area (TPSA) is 68.7 Å². The van der Waals surface area contributed by atoms with Crippen molar-refractivity contribution in [1.82, 2.24) is 14.9 Å². The van der Waals surface area contributed by atoms with E-state index in [0.29, 0.717) is 19.8 Å². The average Bonchev–Trinajstić information content (AvgIpc) is 2.83. The van der Waals surface area contributed by atoms with Crippen LogP contribution in [0.4, 0.5) is 11.5 Å². The molecule has 7 nitrogen and oxygen atoms in total. The first-order valence-electron chi connectivity index (χ1n) is 11.4. The van der Waals surface area contributed by atoms with E-state index >= 15 is 0 Å². The monoisotopic (exact) mass is 448 g/mol. The molecule has 1 saturated heterocycles. The number of aromatic nitrogens is 2. The minimum Gasteiger partial charge on any atom is -0.494 e. The second-order valence-corrected chi connectivity index (χ2v) is 8.17. The lowest BCUT2D eigenvalue weighted by molar-refractivity contribution is -0.0351. The maximum atomic E-state index is 6.06. The summed E-state index contributed by atoms with van der Waals surface area (Å²) in [6.45, 7) is 8.39. The zero-order valence-corrected chi connectivity index (χ0v) is 19.6. The molecule has 1 aromatic carbocycles. The lowest BCUT2D eigenvalue weighted by Crippen LogP contribution is -2.38. The van der Waals surface area contributed by atoms with Crippen molar-refractivity contribution in [3.63, 3.8) is 0 Å². The van der Waals surface area contributed by atoms with Crippen molar-refractivity contribution in [2.75, 3.05) is 38.7 Å². The van der Waals surface area contributed by atoms with Gasteiger partial charge >= 0.3 is 0 Å². The molecule has 0 aliphatic carbocycles. The number of morpholine rings is 1. The molecule has 1 atom stereocenters. The summed E-state index contributed by atoms with van der Waals surface area (Å²) in [5, 5.41) is 3.33. The van der Waals surface area contributed by atoms with Crippen molar-refractivity contribution in [2.45, 2.75) is 33.1 Å². The summed E-state index contributed by atoms with van der Waals surface area (Å²) in [4.78, 5) is 11.5. The predicted octanol–water partition coefficient (Wildman–Crippen LogP) is 4.65. The highest BCUT2D eigenvalue weighted by Gasteiger charge is 2.24. The third-order valence-electron chi connectivity index (χ3n) is 5.67. The Morgan fingerprint density at radius 1 is 1.18 bits per heavy atom. The number of hydrogen-bond acceptors (Lipinski definition) is 7. The Balaban J connectivity index is 1.42. The maximum absolute atomic E-state index is 6.06. The molecule has 1 aliphatic rings. The number of methoxy groups -OCH3 is 1. The van der Waals surface area contributed by atoms with Crippen molar-refractivity contribution in [1.29, 1.82) is 0 Å². The third kappa shape index (κ3) is 6.07. The van der Waals surface area contributed by atoms with Gasteiger partial charge in [-0.05, 0) is 55.3 Å². The van der Waals surface area contributed by atoms with E-state index in [-0.39, 0.29) is 6.10 Å². The summed E-state index contributed by atoms with van der Waals surface area (Å²) in [6.07, 6.45) is 3.55. The zero-order chi connectivity index (χ0) is 23.0. The van der Waals surface area contributed by atoms with Gasteiger partial charge in [0.2, 0.25) is 0 Å². The molecular formula is C26H32N4O3. The van der Waals surface area contributed by atoms with E-state index in [9.17, 15) is 0 Å². The Labute approximate surface area is 195 Å². The molecule has 4 rings (SSSR count). The van der Waals surface area contributed by atoms with Gasteiger partial charge in [0, 0.05) is 38.5 Å². The first-order chi connectivity index (χ1) is 16.2. The van der Waals surface area contributed by atoms with Gasteiger partial charge in [0.05, 0.1) is 37.4 Å². The molecule has 0 saturated carbocycles. The fourth-order valence-corrected chi connectivity index (χ4v) is 4.00. The van der Waals surface area contributed by atoms with E-state index in [1.807, 2.05) is 50.4 Å². The molecule has 7 heteroatoms. The van der Waals surface area contributed by atoms with Crippen molar-refractivity contribution >= 4 is 11.5 Å². The third-order valence-corrected chi connectivity index (χ3v) is 5.67. The second-order valence-electron chi connectivity index (χ2n) is 8.17. The molecule has 2 aromatic heterocycles. The molecule has 1 N–H and O–H groups in total. The van der Waals surface area contributed by atoms with Crippen molar-refractivity contribution in [3.8, 4) is 5.75 Å². The van der Waals surface area contributed by atoms with E-state index in [4.69, 9.17) is 14.2 Å². The van der Waals surface area contributed by atoms with Crippen LogP contribution in [0.1, 0.15) is 35.4 Å². The Bertz CT molecular complexity index is 1040. The molecule has 0 amide bonds. The van der Waals surface area contributed by atoms with Gasteiger partial charge in [0.15, 0.2) is 0 Å². The first kappa shape index (κ1) is 23.2. The molecule has 0 unspecified atom stereocenters. The second kappa shape index (κ2) is 11.2. The number of pyridine rings is 2. The Kier molecular flexibility index (Phi) is 7.88. The molecule has 3 aromatic rings. The molecule has 0 bridgehead atoms. The summed E-state index contributed by atoms with van der Waals surface area (Å²) in [7, 11) is 1.72. The van der Waals surface area contributed by atoms with Crippen LogP contribution in [-0.4, -0.2) is 48.3 Å². The maximum Gasteiger partial charge on any atom is 0.133 e. The number of hydrogen-bond donors (Lipinski definition) is 1. The highest BCUT2D eigenvalue weighted by Crippen LogP contribution is 2.27. The van der Waals surface area contributed by atoms with E-state index in [1.165, 1.54) is 5.56 Å². The Morgan fingerprint density at radius 2 is 2.09 bits per heavy atom. The molecule has 1 fully saturated rings. The molecule has 1 aliphatic heterocycles. The highest BCUT2D eigenvalue weighted by atomic mass is 16.5. The van der Waals surface area contributed by atoms with Crippen LogP contribution in [0.5, 0.6) is 5.75 Å². The number of anilines is 2. The molecule has 3 heterocycles. The van der Waals surface area contributed by atoms with Crippen LogP contribution in [0, 0.1) is 6.92 Å². The van der Waals surface area contributed by atoms with Crippen molar-refractivity contribution in [3.05, 3.63) is 77.2 Å². The van der Waals surface area contributed by atoms with Crippen LogP contribution in [0.3, 0.4) is 0 Å². The van der Waals surface area contributed by atoms with E-state index < -0.39 is 0 Å². The summed E-state index contributed by atoms with van der Waals surface area (Å²) in [5.74, 6) is 1.77. The van der Waals surface area contributed by atoms with E-state index in [2.05, 4.69) is 32.3 Å². The van der Waals surface area contributed by atoms with Gasteiger partial charge in [0.1, 0.15) is 17.7 Å². The van der Waals surface area contributed by atoms with Crippen LogP contribution >= 0.6 is 0 Å². The van der Waals surface area contributed by atoms with Crippen molar-refractivity contribution < 1.29 is 14.2 Å². The predicted molar refractivity (Wildman–Crippen MR) is 129 cm³/mol. The number of nitrogens with zero attached hydrogens (tertiary/aromatic N) is 3. The minimum absolute atomic E-state index is 0.0675. The minimum atomic E-state index is -0.0675. The lowest BCUT2D eigenvalue weighted by atomic mass is 10.1. The van der Waals surface area contributed by atoms with Crippen LogP contribution in [0.25, 0.3) is 0 Å². The normalized spacial score (nSPS) is 16.5. The van der Waals surface area contributed by atoms with Gasteiger partial charge < -0.3 is 19.5 Å². The summed E-state index contributed by atoms with van der Waals surface area (Å²) in [6, 6.07) is 14.3. The molecule has 174 valence electrons. The molecule has 33 heavy (non-hydrogen) atoms. The standard InChI is InChI=1S/C26H32N4O3/c1-4-32-24-10-7-20(18-31-3)14-21(24)16-30-12-13-33-25(17-30)23-9-8-22(15-28-23)29-26-19(2)6-5-11-27-26/h5-11,14-15,25H,4,12-13,16-18H2,1-3H3,(H,27,29)/t25-/m1/s1. The molecular weight excluding hydrogens is 416 g/mol. The number of aryl methyl sites for hydroxylation is 1. The average molecular weight is 449 g/mol. The number of nitrogens with one attached hydrogen (secondary N) is 1. The molecule has 0 radical (unpaired) electrons. The van der Waals surface area contributed by atoms with Gasteiger partial charge in [-0.15, -0.1) is 0 Å². The number of benzene rings is 1. The zero-order valence-electron chi connectivity index (χ0n) is 19.6. The van der Waals surface area contributed by atoms with Gasteiger partial charge in [-0.3, -0.25) is 9.88 Å². The van der Waals surface area contributed by atoms with Crippen LogP contribution in [-0.2, 0) is 22.6 Å². The highest BCUT2D eigenvalue weighted by molar-refractivity contribution is 5.57.